The highest BCUT2D eigenvalue weighted by molar-refractivity contribution is 5.81. The fourth-order valence-electron chi connectivity index (χ4n) is 3.06. The van der Waals surface area contributed by atoms with Gasteiger partial charge in [0.05, 0.1) is 12.8 Å². The molecule has 1 aromatic carbocycles. The van der Waals surface area contributed by atoms with E-state index in [0.717, 1.165) is 16.8 Å². The highest BCUT2D eigenvalue weighted by atomic mass is 16.2. The van der Waals surface area contributed by atoms with Gasteiger partial charge in [0, 0.05) is 38.1 Å². The molecule has 2 aromatic rings. The maximum Gasteiger partial charge on any atom is 0.228 e. The number of piperazine rings is 1. The van der Waals surface area contributed by atoms with E-state index in [1.807, 2.05) is 59.2 Å². The molecule has 2 amide bonds. The number of rotatable bonds is 4. The second-order valence-electron chi connectivity index (χ2n) is 6.36. The van der Waals surface area contributed by atoms with E-state index in [1.165, 1.54) is 0 Å². The molecule has 2 heterocycles. The second-order valence-corrected chi connectivity index (χ2v) is 6.36. The summed E-state index contributed by atoms with van der Waals surface area (Å²) in [6.45, 7) is 4.39. The van der Waals surface area contributed by atoms with Crippen molar-refractivity contribution in [3.05, 3.63) is 65.5 Å². The molecule has 3 rings (SSSR count). The molecule has 0 saturated carbocycles. The molecule has 5 nitrogen and oxygen atoms in total. The van der Waals surface area contributed by atoms with E-state index in [1.54, 1.807) is 6.20 Å². The summed E-state index contributed by atoms with van der Waals surface area (Å²) < 4.78 is 0. The Balaban J connectivity index is 1.50. The van der Waals surface area contributed by atoms with E-state index >= 15 is 0 Å². The minimum absolute atomic E-state index is 0.0738. The highest BCUT2D eigenvalue weighted by Gasteiger charge is 2.24. The summed E-state index contributed by atoms with van der Waals surface area (Å²) in [6.07, 6.45) is 2.44. The van der Waals surface area contributed by atoms with Gasteiger partial charge in [0.15, 0.2) is 0 Å². The topological polar surface area (TPSA) is 53.5 Å². The summed E-state index contributed by atoms with van der Waals surface area (Å²) in [7, 11) is 0. The van der Waals surface area contributed by atoms with Gasteiger partial charge < -0.3 is 9.80 Å². The molecule has 1 saturated heterocycles. The van der Waals surface area contributed by atoms with Crippen LogP contribution < -0.4 is 0 Å². The fraction of sp³-hybridized carbons (Fsp3) is 0.350. The molecule has 1 aliphatic rings. The number of carbonyl (C=O) groups excluding carboxylic acids is 2. The van der Waals surface area contributed by atoms with Crippen LogP contribution in [0.1, 0.15) is 16.8 Å². The van der Waals surface area contributed by atoms with Crippen LogP contribution in [0.3, 0.4) is 0 Å². The lowest BCUT2D eigenvalue weighted by Crippen LogP contribution is -2.51. The monoisotopic (exact) mass is 337 g/mol. The van der Waals surface area contributed by atoms with Crippen molar-refractivity contribution in [2.75, 3.05) is 26.2 Å². The SMILES string of the molecule is Cc1ccccc1CC(=O)N1CCN(C(=O)Cc2ccccn2)CC1. The van der Waals surface area contributed by atoms with Crippen molar-refractivity contribution in [1.29, 1.82) is 0 Å². The van der Waals surface area contributed by atoms with Crippen molar-refractivity contribution in [1.82, 2.24) is 14.8 Å². The van der Waals surface area contributed by atoms with Crippen LogP contribution >= 0.6 is 0 Å². The maximum atomic E-state index is 12.5. The summed E-state index contributed by atoms with van der Waals surface area (Å²) in [4.78, 5) is 32.7. The van der Waals surface area contributed by atoms with Crippen LogP contribution in [0.15, 0.2) is 48.7 Å². The van der Waals surface area contributed by atoms with Crippen LogP contribution in [0.2, 0.25) is 0 Å². The van der Waals surface area contributed by atoms with Gasteiger partial charge in [-0.15, -0.1) is 0 Å². The Bertz CT molecular complexity index is 738. The van der Waals surface area contributed by atoms with E-state index in [-0.39, 0.29) is 11.8 Å². The third-order valence-electron chi connectivity index (χ3n) is 4.65. The Hall–Kier alpha value is -2.69. The summed E-state index contributed by atoms with van der Waals surface area (Å²) in [6, 6.07) is 13.6. The number of nitrogens with zero attached hydrogens (tertiary/aromatic N) is 3. The molecular weight excluding hydrogens is 314 g/mol. The van der Waals surface area contributed by atoms with E-state index < -0.39 is 0 Å². The zero-order valence-electron chi connectivity index (χ0n) is 14.5. The summed E-state index contributed by atoms with van der Waals surface area (Å²) in [5.74, 6) is 0.204. The number of benzene rings is 1. The lowest BCUT2D eigenvalue weighted by Gasteiger charge is -2.35. The van der Waals surface area contributed by atoms with Crippen LogP contribution in [0.4, 0.5) is 0 Å². The summed E-state index contributed by atoms with van der Waals surface area (Å²) >= 11 is 0. The minimum atomic E-state index is 0.0738. The molecule has 0 atom stereocenters. The molecule has 1 aliphatic heterocycles. The van der Waals surface area contributed by atoms with Crippen molar-refractivity contribution in [2.24, 2.45) is 0 Å². The number of carbonyl (C=O) groups is 2. The van der Waals surface area contributed by atoms with E-state index in [2.05, 4.69) is 4.98 Å². The van der Waals surface area contributed by atoms with Gasteiger partial charge in [0.1, 0.15) is 0 Å². The molecular formula is C20H23N3O2. The molecule has 1 fully saturated rings. The molecule has 0 spiro atoms. The average molecular weight is 337 g/mol. The van der Waals surface area contributed by atoms with E-state index in [9.17, 15) is 9.59 Å². The summed E-state index contributed by atoms with van der Waals surface area (Å²) in [5, 5.41) is 0. The smallest absolute Gasteiger partial charge is 0.228 e. The predicted octanol–water partition coefficient (Wildman–Crippen LogP) is 1.85. The second kappa shape index (κ2) is 7.92. The fourth-order valence-corrected chi connectivity index (χ4v) is 3.06. The highest BCUT2D eigenvalue weighted by Crippen LogP contribution is 2.11. The Kier molecular flexibility index (Phi) is 5.43. The van der Waals surface area contributed by atoms with Gasteiger partial charge in [0.2, 0.25) is 11.8 Å². The molecule has 130 valence electrons. The van der Waals surface area contributed by atoms with E-state index in [0.29, 0.717) is 39.0 Å². The third-order valence-corrected chi connectivity index (χ3v) is 4.65. The first kappa shape index (κ1) is 17.1. The standard InChI is InChI=1S/C20H23N3O2/c1-16-6-2-3-7-17(16)14-19(24)22-10-12-23(13-11-22)20(25)15-18-8-4-5-9-21-18/h2-9H,10-15H2,1H3. The number of aromatic nitrogens is 1. The van der Waals surface area contributed by atoms with Gasteiger partial charge in [-0.25, -0.2) is 0 Å². The normalized spacial score (nSPS) is 14.4. The lowest BCUT2D eigenvalue weighted by atomic mass is 10.1. The van der Waals surface area contributed by atoms with Gasteiger partial charge in [0.25, 0.3) is 0 Å². The molecule has 5 heteroatoms. The number of amides is 2. The van der Waals surface area contributed by atoms with Gasteiger partial charge in [-0.2, -0.15) is 0 Å². The first-order valence-corrected chi connectivity index (χ1v) is 8.63. The van der Waals surface area contributed by atoms with Gasteiger partial charge in [-0.3, -0.25) is 14.6 Å². The number of aryl methyl sites for hydroxylation is 1. The minimum Gasteiger partial charge on any atom is -0.339 e. The molecule has 0 unspecified atom stereocenters. The van der Waals surface area contributed by atoms with Crippen molar-refractivity contribution in [3.8, 4) is 0 Å². The first-order chi connectivity index (χ1) is 12.1. The quantitative estimate of drug-likeness (QED) is 0.855. The van der Waals surface area contributed by atoms with Crippen molar-refractivity contribution < 1.29 is 9.59 Å². The molecule has 0 bridgehead atoms. The molecule has 25 heavy (non-hydrogen) atoms. The Morgan fingerprint density at radius 1 is 0.880 bits per heavy atom. The number of hydrogen-bond donors (Lipinski definition) is 0. The van der Waals surface area contributed by atoms with Crippen molar-refractivity contribution in [3.63, 3.8) is 0 Å². The van der Waals surface area contributed by atoms with Gasteiger partial charge in [-0.05, 0) is 30.2 Å². The van der Waals surface area contributed by atoms with Crippen LogP contribution in [-0.2, 0) is 22.4 Å². The molecule has 1 aromatic heterocycles. The zero-order valence-corrected chi connectivity index (χ0v) is 14.5. The molecule has 0 radical (unpaired) electrons. The molecule has 0 N–H and O–H groups in total. The Labute approximate surface area is 148 Å². The van der Waals surface area contributed by atoms with Crippen LogP contribution in [0, 0.1) is 6.92 Å². The van der Waals surface area contributed by atoms with Gasteiger partial charge in [-0.1, -0.05) is 30.3 Å². The van der Waals surface area contributed by atoms with Crippen LogP contribution in [0.25, 0.3) is 0 Å². The Morgan fingerprint density at radius 2 is 1.48 bits per heavy atom. The molecule has 0 aliphatic carbocycles. The Morgan fingerprint density at radius 3 is 2.08 bits per heavy atom. The number of pyridine rings is 1. The van der Waals surface area contributed by atoms with Crippen molar-refractivity contribution in [2.45, 2.75) is 19.8 Å². The zero-order chi connectivity index (χ0) is 17.6. The van der Waals surface area contributed by atoms with Gasteiger partial charge >= 0.3 is 0 Å². The average Bonchev–Trinajstić information content (AvgIpc) is 2.64. The predicted molar refractivity (Wildman–Crippen MR) is 96.0 cm³/mol. The largest absolute Gasteiger partial charge is 0.339 e. The third kappa shape index (κ3) is 4.44. The van der Waals surface area contributed by atoms with Crippen molar-refractivity contribution >= 4 is 11.8 Å². The maximum absolute atomic E-state index is 12.5. The number of hydrogen-bond acceptors (Lipinski definition) is 3. The summed E-state index contributed by atoms with van der Waals surface area (Å²) in [5.41, 5.74) is 2.99. The van der Waals surface area contributed by atoms with E-state index in [4.69, 9.17) is 0 Å². The first-order valence-electron chi connectivity index (χ1n) is 8.63. The lowest BCUT2D eigenvalue weighted by molar-refractivity contribution is -0.138. The van der Waals surface area contributed by atoms with Crippen LogP contribution in [0.5, 0.6) is 0 Å². The van der Waals surface area contributed by atoms with Crippen LogP contribution in [-0.4, -0.2) is 52.8 Å².